The first-order valence-corrected chi connectivity index (χ1v) is 5.86. The highest BCUT2D eigenvalue weighted by atomic mass is 19.4. The van der Waals surface area contributed by atoms with Crippen molar-refractivity contribution in [3.05, 3.63) is 48.2 Å². The molecule has 0 aromatic heterocycles. The summed E-state index contributed by atoms with van der Waals surface area (Å²) in [5.41, 5.74) is 1.25. The fourth-order valence-electron chi connectivity index (χ4n) is 1.87. The molecule has 100 valence electrons. The number of halogens is 3. The lowest BCUT2D eigenvalue weighted by Gasteiger charge is -2.22. The molecule has 0 saturated carbocycles. The van der Waals surface area contributed by atoms with Crippen molar-refractivity contribution in [1.29, 1.82) is 0 Å². The molecule has 1 aromatic carbocycles. The Hall–Kier alpha value is -1.45. The van der Waals surface area contributed by atoms with Gasteiger partial charge in [0.25, 0.3) is 0 Å². The third kappa shape index (κ3) is 4.43. The van der Waals surface area contributed by atoms with Crippen LogP contribution in [0.5, 0.6) is 0 Å². The van der Waals surface area contributed by atoms with Crippen LogP contribution in [-0.4, -0.2) is 6.18 Å². The van der Waals surface area contributed by atoms with Crippen molar-refractivity contribution in [2.24, 2.45) is 5.92 Å². The van der Waals surface area contributed by atoms with E-state index in [2.05, 4.69) is 11.9 Å². The van der Waals surface area contributed by atoms with E-state index in [1.165, 1.54) is 12.1 Å². The Labute approximate surface area is 106 Å². The van der Waals surface area contributed by atoms with Crippen molar-refractivity contribution in [1.82, 2.24) is 5.32 Å². The maximum Gasteiger partial charge on any atom is 0.393 e. The van der Waals surface area contributed by atoms with Crippen molar-refractivity contribution in [3.63, 3.8) is 0 Å². The van der Waals surface area contributed by atoms with Crippen LogP contribution in [0.4, 0.5) is 13.2 Å². The predicted molar refractivity (Wildman–Crippen MR) is 67.1 cm³/mol. The third-order valence-electron chi connectivity index (χ3n) is 2.71. The first-order valence-electron chi connectivity index (χ1n) is 5.86. The number of hydrogen-bond donors (Lipinski definition) is 1. The molecule has 1 nitrogen and oxygen atoms in total. The SMILES string of the molecule is C=CNC(c1ccc(CC(F)(F)F)cc1)C(C)C. The number of benzene rings is 1. The molecule has 0 amide bonds. The Morgan fingerprint density at radius 2 is 1.78 bits per heavy atom. The zero-order valence-electron chi connectivity index (χ0n) is 10.6. The molecule has 0 radical (unpaired) electrons. The Balaban J connectivity index is 2.83. The Kier molecular flexibility index (Phi) is 4.82. The van der Waals surface area contributed by atoms with Gasteiger partial charge in [-0.1, -0.05) is 44.7 Å². The molecule has 0 fully saturated rings. The van der Waals surface area contributed by atoms with Crippen LogP contribution < -0.4 is 5.32 Å². The topological polar surface area (TPSA) is 12.0 Å². The van der Waals surface area contributed by atoms with Crippen LogP contribution in [0.2, 0.25) is 0 Å². The van der Waals surface area contributed by atoms with E-state index in [1.807, 2.05) is 13.8 Å². The zero-order valence-corrected chi connectivity index (χ0v) is 10.6. The summed E-state index contributed by atoms with van der Waals surface area (Å²) in [6.45, 7) is 7.71. The molecule has 1 atom stereocenters. The molecule has 0 heterocycles. The standard InChI is InChI=1S/C14H18F3N/c1-4-18-13(10(2)3)12-7-5-11(6-8-12)9-14(15,16)17/h4-8,10,13,18H,1,9H2,2-3H3. The van der Waals surface area contributed by atoms with E-state index in [1.54, 1.807) is 18.3 Å². The molecule has 0 aliphatic carbocycles. The average molecular weight is 257 g/mol. The van der Waals surface area contributed by atoms with E-state index in [4.69, 9.17) is 0 Å². The predicted octanol–water partition coefficient (Wildman–Crippen LogP) is 4.22. The van der Waals surface area contributed by atoms with Gasteiger partial charge in [-0.2, -0.15) is 13.2 Å². The number of nitrogens with one attached hydrogen (secondary N) is 1. The van der Waals surface area contributed by atoms with Gasteiger partial charge in [0, 0.05) is 0 Å². The van der Waals surface area contributed by atoms with E-state index in [-0.39, 0.29) is 11.6 Å². The van der Waals surface area contributed by atoms with Gasteiger partial charge in [-0.3, -0.25) is 0 Å². The Morgan fingerprint density at radius 1 is 1.22 bits per heavy atom. The molecule has 4 heteroatoms. The van der Waals surface area contributed by atoms with Crippen LogP contribution in [-0.2, 0) is 6.42 Å². The maximum absolute atomic E-state index is 12.2. The van der Waals surface area contributed by atoms with Gasteiger partial charge in [-0.15, -0.1) is 0 Å². The van der Waals surface area contributed by atoms with Crippen molar-refractivity contribution < 1.29 is 13.2 Å². The number of rotatable bonds is 5. The molecule has 0 bridgehead atoms. The number of hydrogen-bond acceptors (Lipinski definition) is 1. The summed E-state index contributed by atoms with van der Waals surface area (Å²) < 4.78 is 36.7. The smallest absolute Gasteiger partial charge is 0.384 e. The van der Waals surface area contributed by atoms with Crippen molar-refractivity contribution in [2.75, 3.05) is 0 Å². The van der Waals surface area contributed by atoms with Gasteiger partial charge in [-0.25, -0.2) is 0 Å². The minimum Gasteiger partial charge on any atom is -0.384 e. The van der Waals surface area contributed by atoms with Gasteiger partial charge < -0.3 is 5.32 Å². The van der Waals surface area contributed by atoms with Crippen LogP contribution in [0.15, 0.2) is 37.0 Å². The molecule has 18 heavy (non-hydrogen) atoms. The summed E-state index contributed by atoms with van der Waals surface area (Å²) in [7, 11) is 0. The summed E-state index contributed by atoms with van der Waals surface area (Å²) in [5, 5.41) is 3.11. The largest absolute Gasteiger partial charge is 0.393 e. The van der Waals surface area contributed by atoms with E-state index in [0.717, 1.165) is 5.56 Å². The summed E-state index contributed by atoms with van der Waals surface area (Å²) in [6, 6.07) is 6.61. The lowest BCUT2D eigenvalue weighted by atomic mass is 9.95. The molecule has 0 aliphatic rings. The minimum atomic E-state index is -4.15. The van der Waals surface area contributed by atoms with E-state index in [0.29, 0.717) is 5.92 Å². The van der Waals surface area contributed by atoms with Gasteiger partial charge in [0.2, 0.25) is 0 Å². The first-order chi connectivity index (χ1) is 8.33. The lowest BCUT2D eigenvalue weighted by molar-refractivity contribution is -0.127. The van der Waals surface area contributed by atoms with E-state index in [9.17, 15) is 13.2 Å². The lowest BCUT2D eigenvalue weighted by Crippen LogP contribution is -2.20. The van der Waals surface area contributed by atoms with E-state index < -0.39 is 12.6 Å². The van der Waals surface area contributed by atoms with Gasteiger partial charge >= 0.3 is 6.18 Å². The minimum absolute atomic E-state index is 0.0717. The second-order valence-corrected chi connectivity index (χ2v) is 4.63. The molecule has 1 unspecified atom stereocenters. The fourth-order valence-corrected chi connectivity index (χ4v) is 1.87. The van der Waals surface area contributed by atoms with Gasteiger partial charge in [0.1, 0.15) is 0 Å². The molecule has 1 N–H and O–H groups in total. The first kappa shape index (κ1) is 14.6. The fraction of sp³-hybridized carbons (Fsp3) is 0.429. The molecule has 1 aromatic rings. The second kappa shape index (κ2) is 5.94. The third-order valence-corrected chi connectivity index (χ3v) is 2.71. The number of alkyl halides is 3. The molecule has 0 spiro atoms. The van der Waals surface area contributed by atoms with Crippen molar-refractivity contribution >= 4 is 0 Å². The Morgan fingerprint density at radius 3 is 2.17 bits per heavy atom. The molecule has 1 rings (SSSR count). The van der Waals surface area contributed by atoms with Gasteiger partial charge in [0.15, 0.2) is 0 Å². The monoisotopic (exact) mass is 257 g/mol. The Bertz CT molecular complexity index is 379. The highest BCUT2D eigenvalue weighted by molar-refractivity contribution is 5.26. The average Bonchev–Trinajstić information content (AvgIpc) is 2.25. The second-order valence-electron chi connectivity index (χ2n) is 4.63. The van der Waals surface area contributed by atoms with Crippen molar-refractivity contribution in [3.8, 4) is 0 Å². The van der Waals surface area contributed by atoms with E-state index >= 15 is 0 Å². The van der Waals surface area contributed by atoms with Crippen LogP contribution in [0.1, 0.15) is 31.0 Å². The summed E-state index contributed by atoms with van der Waals surface area (Å²) in [5.74, 6) is 0.330. The quantitative estimate of drug-likeness (QED) is 0.832. The molecular formula is C14H18F3N. The highest BCUT2D eigenvalue weighted by Crippen LogP contribution is 2.25. The van der Waals surface area contributed by atoms with Crippen LogP contribution >= 0.6 is 0 Å². The zero-order chi connectivity index (χ0) is 13.8. The van der Waals surface area contributed by atoms with Crippen LogP contribution in [0.25, 0.3) is 0 Å². The highest BCUT2D eigenvalue weighted by Gasteiger charge is 2.27. The van der Waals surface area contributed by atoms with Gasteiger partial charge in [0.05, 0.1) is 12.5 Å². The van der Waals surface area contributed by atoms with Crippen molar-refractivity contribution in [2.45, 2.75) is 32.5 Å². The summed E-state index contributed by atoms with van der Waals surface area (Å²) >= 11 is 0. The molecule has 0 aliphatic heterocycles. The van der Waals surface area contributed by atoms with Crippen LogP contribution in [0.3, 0.4) is 0 Å². The molecular weight excluding hydrogens is 239 g/mol. The van der Waals surface area contributed by atoms with Crippen LogP contribution in [0, 0.1) is 5.92 Å². The summed E-state index contributed by atoms with van der Waals surface area (Å²) in [6.07, 6.45) is -3.43. The maximum atomic E-state index is 12.2. The van der Waals surface area contributed by atoms with Gasteiger partial charge in [-0.05, 0) is 23.2 Å². The molecule has 0 saturated heterocycles. The normalized spacial score (nSPS) is 13.4. The summed E-state index contributed by atoms with van der Waals surface area (Å²) in [4.78, 5) is 0.